The standard InChI is InChI=1S/C10H20N2/c1-4-5-6-7-10(2)8-9-12-11-3/h4-5,11-12H,2,6-9H2,1,3H3/b5-4-. The van der Waals surface area contributed by atoms with Gasteiger partial charge in [0.1, 0.15) is 0 Å². The molecule has 0 aliphatic rings. The van der Waals surface area contributed by atoms with E-state index in [9.17, 15) is 0 Å². The molecule has 70 valence electrons. The third kappa shape index (κ3) is 7.51. The van der Waals surface area contributed by atoms with Gasteiger partial charge in [-0.25, -0.2) is 0 Å². The molecule has 0 saturated carbocycles. The van der Waals surface area contributed by atoms with Crippen molar-refractivity contribution in [3.63, 3.8) is 0 Å². The van der Waals surface area contributed by atoms with Crippen LogP contribution in [0.1, 0.15) is 26.2 Å². The van der Waals surface area contributed by atoms with Crippen LogP contribution in [-0.4, -0.2) is 13.6 Å². The molecular formula is C10H20N2. The third-order valence-electron chi connectivity index (χ3n) is 1.68. The van der Waals surface area contributed by atoms with Gasteiger partial charge in [0.15, 0.2) is 0 Å². The maximum Gasteiger partial charge on any atom is 0.0137 e. The Hall–Kier alpha value is -0.600. The zero-order valence-electron chi connectivity index (χ0n) is 8.19. The number of rotatable bonds is 7. The molecule has 0 spiro atoms. The Kier molecular flexibility index (Phi) is 8.07. The summed E-state index contributed by atoms with van der Waals surface area (Å²) < 4.78 is 0. The summed E-state index contributed by atoms with van der Waals surface area (Å²) in [5, 5.41) is 0. The van der Waals surface area contributed by atoms with Crippen molar-refractivity contribution in [1.82, 2.24) is 10.9 Å². The van der Waals surface area contributed by atoms with Crippen LogP contribution in [0.5, 0.6) is 0 Å². The molecule has 0 aromatic heterocycles. The van der Waals surface area contributed by atoms with Crippen LogP contribution < -0.4 is 10.9 Å². The maximum absolute atomic E-state index is 4.00. The Morgan fingerprint density at radius 3 is 2.75 bits per heavy atom. The molecule has 0 heterocycles. The molecule has 0 aromatic carbocycles. The van der Waals surface area contributed by atoms with E-state index in [1.54, 1.807) is 0 Å². The van der Waals surface area contributed by atoms with Crippen LogP contribution in [0.4, 0.5) is 0 Å². The lowest BCUT2D eigenvalue weighted by Crippen LogP contribution is -2.28. The summed E-state index contributed by atoms with van der Waals surface area (Å²) in [5.74, 6) is 0. The van der Waals surface area contributed by atoms with Gasteiger partial charge in [-0.05, 0) is 33.2 Å². The van der Waals surface area contributed by atoms with E-state index in [1.807, 2.05) is 14.0 Å². The lowest BCUT2D eigenvalue weighted by molar-refractivity contribution is 0.591. The van der Waals surface area contributed by atoms with E-state index in [0.717, 1.165) is 25.8 Å². The summed E-state index contributed by atoms with van der Waals surface area (Å²) in [7, 11) is 1.88. The zero-order valence-corrected chi connectivity index (χ0v) is 8.19. The molecule has 0 radical (unpaired) electrons. The molecule has 0 amide bonds. The van der Waals surface area contributed by atoms with Gasteiger partial charge in [0.25, 0.3) is 0 Å². The van der Waals surface area contributed by atoms with E-state index in [-0.39, 0.29) is 0 Å². The summed E-state index contributed by atoms with van der Waals surface area (Å²) in [4.78, 5) is 0. The van der Waals surface area contributed by atoms with Crippen molar-refractivity contribution in [2.45, 2.75) is 26.2 Å². The predicted octanol–water partition coefficient (Wildman–Crippen LogP) is 2.01. The monoisotopic (exact) mass is 168 g/mol. The molecular weight excluding hydrogens is 148 g/mol. The molecule has 0 aliphatic carbocycles. The molecule has 0 atom stereocenters. The summed E-state index contributed by atoms with van der Waals surface area (Å²) in [6.07, 6.45) is 7.54. The maximum atomic E-state index is 4.00. The fourth-order valence-electron chi connectivity index (χ4n) is 0.943. The minimum Gasteiger partial charge on any atom is -0.261 e. The van der Waals surface area contributed by atoms with Crippen LogP contribution >= 0.6 is 0 Å². The van der Waals surface area contributed by atoms with Gasteiger partial charge in [0, 0.05) is 6.54 Å². The van der Waals surface area contributed by atoms with Gasteiger partial charge in [0.05, 0.1) is 0 Å². The first-order valence-corrected chi connectivity index (χ1v) is 4.48. The highest BCUT2D eigenvalue weighted by molar-refractivity contribution is 4.96. The van der Waals surface area contributed by atoms with E-state index < -0.39 is 0 Å². The molecule has 0 fully saturated rings. The van der Waals surface area contributed by atoms with Crippen LogP contribution in [0.25, 0.3) is 0 Å². The molecule has 2 N–H and O–H groups in total. The van der Waals surface area contributed by atoms with Crippen LogP contribution in [0.15, 0.2) is 24.3 Å². The van der Waals surface area contributed by atoms with E-state index in [2.05, 4.69) is 29.6 Å². The van der Waals surface area contributed by atoms with Crippen LogP contribution in [-0.2, 0) is 0 Å². The van der Waals surface area contributed by atoms with Gasteiger partial charge in [-0.15, -0.1) is 0 Å². The van der Waals surface area contributed by atoms with Crippen molar-refractivity contribution in [2.75, 3.05) is 13.6 Å². The fourth-order valence-corrected chi connectivity index (χ4v) is 0.943. The van der Waals surface area contributed by atoms with Gasteiger partial charge < -0.3 is 0 Å². The normalized spacial score (nSPS) is 10.8. The Bertz CT molecular complexity index is 139. The van der Waals surface area contributed by atoms with Gasteiger partial charge in [-0.3, -0.25) is 10.9 Å². The predicted molar refractivity (Wildman–Crippen MR) is 54.9 cm³/mol. The molecule has 0 aliphatic heterocycles. The Balaban J connectivity index is 3.21. The van der Waals surface area contributed by atoms with Crippen LogP contribution in [0, 0.1) is 0 Å². The van der Waals surface area contributed by atoms with Crippen LogP contribution in [0.2, 0.25) is 0 Å². The molecule has 0 rings (SSSR count). The van der Waals surface area contributed by atoms with E-state index >= 15 is 0 Å². The first-order valence-electron chi connectivity index (χ1n) is 4.48. The number of nitrogens with one attached hydrogen (secondary N) is 2. The van der Waals surface area contributed by atoms with Crippen molar-refractivity contribution in [3.8, 4) is 0 Å². The van der Waals surface area contributed by atoms with E-state index in [0.29, 0.717) is 0 Å². The number of allylic oxidation sites excluding steroid dienone is 2. The average Bonchev–Trinajstić information content (AvgIpc) is 2.06. The zero-order chi connectivity index (χ0) is 9.23. The molecule has 0 unspecified atom stereocenters. The van der Waals surface area contributed by atoms with Gasteiger partial charge in [-0.2, -0.15) is 0 Å². The van der Waals surface area contributed by atoms with E-state index in [4.69, 9.17) is 0 Å². The average molecular weight is 168 g/mol. The second-order valence-electron chi connectivity index (χ2n) is 2.78. The lowest BCUT2D eigenvalue weighted by Gasteiger charge is -2.04. The SMILES string of the molecule is C=C(CC/C=C\C)CCNNC. The topological polar surface area (TPSA) is 24.1 Å². The first kappa shape index (κ1) is 11.4. The second-order valence-corrected chi connectivity index (χ2v) is 2.78. The highest BCUT2D eigenvalue weighted by Crippen LogP contribution is 2.06. The number of hydrazine groups is 1. The highest BCUT2D eigenvalue weighted by atomic mass is 15.3. The summed E-state index contributed by atoms with van der Waals surface area (Å²) in [5.41, 5.74) is 7.24. The van der Waals surface area contributed by atoms with E-state index in [1.165, 1.54) is 5.57 Å². The Labute approximate surface area is 75.7 Å². The Morgan fingerprint density at radius 2 is 2.17 bits per heavy atom. The first-order chi connectivity index (χ1) is 5.81. The third-order valence-corrected chi connectivity index (χ3v) is 1.68. The summed E-state index contributed by atoms with van der Waals surface area (Å²) in [6, 6.07) is 0. The van der Waals surface area contributed by atoms with Gasteiger partial charge in [0.2, 0.25) is 0 Å². The minimum absolute atomic E-state index is 0.963. The summed E-state index contributed by atoms with van der Waals surface area (Å²) in [6.45, 7) is 7.01. The summed E-state index contributed by atoms with van der Waals surface area (Å²) >= 11 is 0. The molecule has 2 heteroatoms. The second kappa shape index (κ2) is 8.50. The van der Waals surface area contributed by atoms with Crippen molar-refractivity contribution in [3.05, 3.63) is 24.3 Å². The molecule has 12 heavy (non-hydrogen) atoms. The number of hydrogen-bond acceptors (Lipinski definition) is 2. The van der Waals surface area contributed by atoms with Crippen molar-refractivity contribution >= 4 is 0 Å². The molecule has 2 nitrogen and oxygen atoms in total. The molecule has 0 bridgehead atoms. The quantitative estimate of drug-likeness (QED) is 0.345. The fraction of sp³-hybridized carbons (Fsp3) is 0.600. The van der Waals surface area contributed by atoms with Crippen molar-refractivity contribution < 1.29 is 0 Å². The largest absolute Gasteiger partial charge is 0.261 e. The molecule has 0 saturated heterocycles. The molecule has 0 aromatic rings. The smallest absolute Gasteiger partial charge is 0.0137 e. The highest BCUT2D eigenvalue weighted by Gasteiger charge is 1.91. The van der Waals surface area contributed by atoms with Gasteiger partial charge >= 0.3 is 0 Å². The van der Waals surface area contributed by atoms with Crippen molar-refractivity contribution in [2.24, 2.45) is 0 Å². The van der Waals surface area contributed by atoms with Crippen molar-refractivity contribution in [1.29, 1.82) is 0 Å². The number of hydrogen-bond donors (Lipinski definition) is 2. The lowest BCUT2D eigenvalue weighted by atomic mass is 10.1. The minimum atomic E-state index is 0.963. The Morgan fingerprint density at radius 1 is 1.42 bits per heavy atom. The van der Waals surface area contributed by atoms with Crippen LogP contribution in [0.3, 0.4) is 0 Å². The van der Waals surface area contributed by atoms with Gasteiger partial charge in [-0.1, -0.05) is 24.3 Å².